The third kappa shape index (κ3) is 3.52. The van der Waals surface area contributed by atoms with Gasteiger partial charge in [0.05, 0.1) is 26.7 Å². The molecule has 10 heteroatoms. The van der Waals surface area contributed by atoms with E-state index < -0.39 is 16.1 Å². The second kappa shape index (κ2) is 7.45. The Morgan fingerprint density at radius 2 is 1.70 bits per heavy atom. The Hall–Kier alpha value is -2.17. The molecular formula is C17H23N3O6S. The Balaban J connectivity index is 1.76. The number of methoxy groups -OCH3 is 2. The number of imide groups is 1. The monoisotopic (exact) mass is 397 g/mol. The van der Waals surface area contributed by atoms with E-state index in [-0.39, 0.29) is 42.0 Å². The van der Waals surface area contributed by atoms with Gasteiger partial charge in [-0.2, -0.15) is 4.31 Å². The summed E-state index contributed by atoms with van der Waals surface area (Å²) in [7, 11) is 0.573. The number of likely N-dealkylation sites (N-methyl/N-ethyl adjacent to an activating group) is 1. The molecule has 0 aliphatic carbocycles. The first-order valence-electron chi connectivity index (χ1n) is 8.56. The van der Waals surface area contributed by atoms with Crippen LogP contribution < -0.4 is 9.47 Å². The molecule has 0 radical (unpaired) electrons. The van der Waals surface area contributed by atoms with Crippen LogP contribution in [0.2, 0.25) is 0 Å². The average Bonchev–Trinajstić information content (AvgIpc) is 2.94. The summed E-state index contributed by atoms with van der Waals surface area (Å²) in [4.78, 5) is 26.9. The lowest BCUT2D eigenvalue weighted by molar-refractivity contribution is -0.138. The van der Waals surface area contributed by atoms with Gasteiger partial charge in [0.2, 0.25) is 21.8 Å². The van der Waals surface area contributed by atoms with Crippen LogP contribution in [-0.2, 0) is 19.6 Å². The highest BCUT2D eigenvalue weighted by atomic mass is 32.2. The Kier molecular flexibility index (Phi) is 5.41. The van der Waals surface area contributed by atoms with Gasteiger partial charge in [-0.3, -0.25) is 19.4 Å². The number of ether oxygens (including phenoxy) is 2. The zero-order chi connectivity index (χ0) is 19.8. The fraction of sp³-hybridized carbons (Fsp3) is 0.529. The van der Waals surface area contributed by atoms with Gasteiger partial charge in [0.25, 0.3) is 0 Å². The molecule has 0 N–H and O–H groups in total. The van der Waals surface area contributed by atoms with E-state index in [1.165, 1.54) is 31.6 Å². The minimum Gasteiger partial charge on any atom is -0.497 e. The van der Waals surface area contributed by atoms with Gasteiger partial charge in [-0.1, -0.05) is 0 Å². The Morgan fingerprint density at radius 1 is 1.04 bits per heavy atom. The number of hydrogen-bond donors (Lipinski definition) is 0. The molecule has 27 heavy (non-hydrogen) atoms. The second-order valence-corrected chi connectivity index (χ2v) is 8.37. The topological polar surface area (TPSA) is 96.5 Å². The zero-order valence-electron chi connectivity index (χ0n) is 15.5. The molecule has 2 aliphatic heterocycles. The summed E-state index contributed by atoms with van der Waals surface area (Å²) in [5, 5.41) is 0. The highest BCUT2D eigenvalue weighted by Gasteiger charge is 2.42. The number of likely N-dealkylation sites (tertiary alicyclic amines) is 1. The van der Waals surface area contributed by atoms with Gasteiger partial charge in [0.15, 0.2) is 0 Å². The average molecular weight is 397 g/mol. The van der Waals surface area contributed by atoms with Gasteiger partial charge in [0, 0.05) is 39.3 Å². The molecule has 1 atom stereocenters. The maximum atomic E-state index is 13.1. The van der Waals surface area contributed by atoms with Gasteiger partial charge in [-0.15, -0.1) is 0 Å². The van der Waals surface area contributed by atoms with Crippen LogP contribution in [0.4, 0.5) is 0 Å². The standard InChI is InChI=1S/C17H23N3O6S/c1-18-16(21)11-13(17(18)22)19-6-8-20(9-7-19)27(23,24)15-10-12(25-2)4-5-14(15)26-3/h4-5,10,13H,6-9,11H2,1-3H3/t13-/m1/s1. The fourth-order valence-corrected chi connectivity index (χ4v) is 4.99. The van der Waals surface area contributed by atoms with Crippen molar-refractivity contribution < 1.29 is 27.5 Å². The molecule has 0 spiro atoms. The van der Waals surface area contributed by atoms with Crippen LogP contribution in [0.1, 0.15) is 6.42 Å². The summed E-state index contributed by atoms with van der Waals surface area (Å²) in [6, 6.07) is 4.13. The minimum absolute atomic E-state index is 0.0460. The van der Waals surface area contributed by atoms with Crippen LogP contribution >= 0.6 is 0 Å². The number of sulfonamides is 1. The number of benzene rings is 1. The van der Waals surface area contributed by atoms with E-state index in [0.29, 0.717) is 18.8 Å². The first-order valence-corrected chi connectivity index (χ1v) is 10.00. The van der Waals surface area contributed by atoms with Crippen molar-refractivity contribution in [3.63, 3.8) is 0 Å². The smallest absolute Gasteiger partial charge is 0.246 e. The molecule has 0 aromatic heterocycles. The minimum atomic E-state index is -3.78. The van der Waals surface area contributed by atoms with E-state index in [4.69, 9.17) is 9.47 Å². The number of piperazine rings is 1. The van der Waals surface area contributed by atoms with Crippen LogP contribution in [0.15, 0.2) is 23.1 Å². The molecule has 9 nitrogen and oxygen atoms in total. The van der Waals surface area contributed by atoms with E-state index in [2.05, 4.69) is 0 Å². The summed E-state index contributed by atoms with van der Waals surface area (Å²) in [5.74, 6) is 0.231. The quantitative estimate of drug-likeness (QED) is 0.633. The highest BCUT2D eigenvalue weighted by Crippen LogP contribution is 2.31. The molecule has 2 fully saturated rings. The maximum absolute atomic E-state index is 13.1. The molecule has 2 heterocycles. The van der Waals surface area contributed by atoms with Gasteiger partial charge >= 0.3 is 0 Å². The summed E-state index contributed by atoms with van der Waals surface area (Å²) in [5.41, 5.74) is 0. The first-order chi connectivity index (χ1) is 12.8. The molecule has 0 unspecified atom stereocenters. The highest BCUT2D eigenvalue weighted by molar-refractivity contribution is 7.89. The van der Waals surface area contributed by atoms with Gasteiger partial charge < -0.3 is 9.47 Å². The van der Waals surface area contributed by atoms with Crippen LogP contribution in [0.5, 0.6) is 11.5 Å². The number of hydrogen-bond acceptors (Lipinski definition) is 7. The van der Waals surface area contributed by atoms with Crippen molar-refractivity contribution in [1.82, 2.24) is 14.1 Å². The predicted octanol–water partition coefficient (Wildman–Crippen LogP) is -0.233. The van der Waals surface area contributed by atoms with Crippen LogP contribution in [-0.4, -0.2) is 87.8 Å². The Labute approximate surface area is 158 Å². The Bertz CT molecular complexity index is 848. The normalized spacial score (nSPS) is 22.3. The molecule has 2 aliphatic rings. The van der Waals surface area contributed by atoms with Crippen molar-refractivity contribution in [3.05, 3.63) is 18.2 Å². The van der Waals surface area contributed by atoms with Crippen molar-refractivity contribution in [1.29, 1.82) is 0 Å². The van der Waals surface area contributed by atoms with E-state index in [1.807, 2.05) is 4.90 Å². The van der Waals surface area contributed by atoms with Gasteiger partial charge in [0.1, 0.15) is 16.4 Å². The van der Waals surface area contributed by atoms with Gasteiger partial charge in [-0.05, 0) is 12.1 Å². The van der Waals surface area contributed by atoms with Crippen LogP contribution in [0.25, 0.3) is 0 Å². The number of rotatable bonds is 5. The summed E-state index contributed by atoms with van der Waals surface area (Å²) >= 11 is 0. The largest absolute Gasteiger partial charge is 0.497 e. The fourth-order valence-electron chi connectivity index (χ4n) is 3.40. The number of carbonyl (C=O) groups is 2. The molecular weight excluding hydrogens is 374 g/mol. The summed E-state index contributed by atoms with van der Waals surface area (Å²) in [6.07, 6.45) is 0.145. The lowest BCUT2D eigenvalue weighted by Crippen LogP contribution is -2.53. The molecule has 1 aromatic rings. The SMILES string of the molecule is COc1ccc(OC)c(S(=O)(=O)N2CCN([C@@H]3CC(=O)N(C)C3=O)CC2)c1. The third-order valence-corrected chi connectivity index (χ3v) is 6.98. The van der Waals surface area contributed by atoms with Crippen LogP contribution in [0.3, 0.4) is 0 Å². The number of carbonyl (C=O) groups excluding carboxylic acids is 2. The van der Waals surface area contributed by atoms with Crippen molar-refractivity contribution in [2.45, 2.75) is 17.4 Å². The molecule has 1 aromatic carbocycles. The lowest BCUT2D eigenvalue weighted by atomic mass is 10.2. The lowest BCUT2D eigenvalue weighted by Gasteiger charge is -2.36. The summed E-state index contributed by atoms with van der Waals surface area (Å²) < 4.78 is 37.9. The zero-order valence-corrected chi connectivity index (χ0v) is 16.4. The maximum Gasteiger partial charge on any atom is 0.246 e. The molecule has 2 amide bonds. The van der Waals surface area contributed by atoms with Crippen molar-refractivity contribution in [3.8, 4) is 11.5 Å². The molecule has 148 valence electrons. The van der Waals surface area contributed by atoms with E-state index in [0.717, 1.165) is 4.90 Å². The molecule has 0 saturated carbocycles. The molecule has 3 rings (SSSR count). The third-order valence-electron chi connectivity index (χ3n) is 5.06. The number of amides is 2. The second-order valence-electron chi connectivity index (χ2n) is 6.47. The van der Waals surface area contributed by atoms with E-state index in [1.54, 1.807) is 12.1 Å². The van der Waals surface area contributed by atoms with Crippen LogP contribution in [0, 0.1) is 0 Å². The van der Waals surface area contributed by atoms with Crippen molar-refractivity contribution >= 4 is 21.8 Å². The van der Waals surface area contributed by atoms with E-state index in [9.17, 15) is 18.0 Å². The van der Waals surface area contributed by atoms with Crippen molar-refractivity contribution in [2.24, 2.45) is 0 Å². The Morgan fingerprint density at radius 3 is 2.22 bits per heavy atom. The predicted molar refractivity (Wildman–Crippen MR) is 96.1 cm³/mol. The molecule has 2 saturated heterocycles. The van der Waals surface area contributed by atoms with Crippen molar-refractivity contribution in [2.75, 3.05) is 47.4 Å². The number of nitrogens with zero attached hydrogens (tertiary/aromatic N) is 3. The van der Waals surface area contributed by atoms with E-state index >= 15 is 0 Å². The first kappa shape index (κ1) is 19.6. The van der Waals surface area contributed by atoms with Gasteiger partial charge in [-0.25, -0.2) is 8.42 Å². The summed E-state index contributed by atoms with van der Waals surface area (Å²) in [6.45, 7) is 1.21. The molecule has 0 bridgehead atoms.